The second-order valence-corrected chi connectivity index (χ2v) is 9.65. The number of carbonyl (C=O) groups is 1. The van der Waals surface area contributed by atoms with Gasteiger partial charge in [0.15, 0.2) is 0 Å². The molecule has 0 unspecified atom stereocenters. The first-order chi connectivity index (χ1) is 16.2. The molecule has 3 heterocycles. The van der Waals surface area contributed by atoms with E-state index in [0.29, 0.717) is 12.6 Å². The molecule has 1 saturated carbocycles. The number of benzene rings is 1. The molecule has 1 aromatic carbocycles. The van der Waals surface area contributed by atoms with Crippen molar-refractivity contribution >= 4 is 28.8 Å². The summed E-state index contributed by atoms with van der Waals surface area (Å²) >= 11 is 0. The van der Waals surface area contributed by atoms with E-state index in [-0.39, 0.29) is 11.8 Å². The van der Waals surface area contributed by atoms with Crippen LogP contribution in [0, 0.1) is 5.92 Å². The van der Waals surface area contributed by atoms with Crippen molar-refractivity contribution in [2.24, 2.45) is 5.92 Å². The predicted molar refractivity (Wildman–Crippen MR) is 133 cm³/mol. The van der Waals surface area contributed by atoms with Crippen molar-refractivity contribution in [3.05, 3.63) is 42.1 Å². The van der Waals surface area contributed by atoms with Crippen molar-refractivity contribution in [2.75, 3.05) is 34.8 Å². The van der Waals surface area contributed by atoms with Gasteiger partial charge in [-0.25, -0.2) is 4.98 Å². The zero-order valence-electron chi connectivity index (χ0n) is 19.8. The second-order valence-electron chi connectivity index (χ2n) is 9.65. The average Bonchev–Trinajstić information content (AvgIpc) is 3.04. The van der Waals surface area contributed by atoms with Gasteiger partial charge in [0.1, 0.15) is 5.82 Å². The zero-order valence-corrected chi connectivity index (χ0v) is 19.8. The lowest BCUT2D eigenvalue weighted by molar-refractivity contribution is -0.124. The fourth-order valence-electron chi connectivity index (χ4n) is 5.44. The number of nitrogens with one attached hydrogen (secondary N) is 1. The highest BCUT2D eigenvalue weighted by molar-refractivity contribution is 6.00. The quantitative estimate of drug-likeness (QED) is 0.641. The van der Waals surface area contributed by atoms with Crippen LogP contribution in [0.3, 0.4) is 0 Å². The Bertz CT molecular complexity index is 964. The number of rotatable bonds is 5. The highest BCUT2D eigenvalue weighted by atomic mass is 16.5. The highest BCUT2D eigenvalue weighted by Crippen LogP contribution is 2.40. The maximum Gasteiger partial charge on any atom is 0.230 e. The molecule has 5 rings (SSSR count). The largest absolute Gasteiger partial charge is 0.378 e. The first kappa shape index (κ1) is 22.2. The van der Waals surface area contributed by atoms with E-state index >= 15 is 0 Å². The van der Waals surface area contributed by atoms with E-state index in [1.54, 1.807) is 0 Å². The lowest BCUT2D eigenvalue weighted by Crippen LogP contribution is -2.38. The van der Waals surface area contributed by atoms with E-state index in [9.17, 15) is 4.79 Å². The molecule has 33 heavy (non-hydrogen) atoms. The van der Waals surface area contributed by atoms with Gasteiger partial charge in [-0.15, -0.1) is 0 Å². The monoisotopic (exact) mass is 448 g/mol. The SMILES string of the molecule is CCCO[C@H]1CC[C@H](C(=O)N2Cc3cccnc3Nc3ccc(N4CCCCC4)cc32)CC1. The molecule has 0 radical (unpaired) electrons. The maximum atomic E-state index is 13.9. The average molecular weight is 449 g/mol. The van der Waals surface area contributed by atoms with Gasteiger partial charge >= 0.3 is 0 Å². The lowest BCUT2D eigenvalue weighted by Gasteiger charge is -2.33. The fraction of sp³-hybridized carbons (Fsp3) is 0.556. The van der Waals surface area contributed by atoms with Crippen molar-refractivity contribution in [3.8, 4) is 0 Å². The van der Waals surface area contributed by atoms with Crippen molar-refractivity contribution in [2.45, 2.75) is 70.9 Å². The molecule has 0 bridgehead atoms. The number of nitrogens with zero attached hydrogens (tertiary/aromatic N) is 3. The second kappa shape index (κ2) is 10.1. The molecule has 6 heteroatoms. The Balaban J connectivity index is 1.42. The van der Waals surface area contributed by atoms with Crippen LogP contribution in [0.2, 0.25) is 0 Å². The third kappa shape index (κ3) is 4.86. The number of hydrogen-bond donors (Lipinski definition) is 1. The Morgan fingerprint density at radius 3 is 2.73 bits per heavy atom. The molecule has 1 aromatic heterocycles. The van der Waals surface area contributed by atoms with Gasteiger partial charge in [-0.1, -0.05) is 13.0 Å². The molecule has 6 nitrogen and oxygen atoms in total. The molecule has 0 spiro atoms. The number of ether oxygens (including phenoxy) is 1. The summed E-state index contributed by atoms with van der Waals surface area (Å²) in [5.41, 5.74) is 4.21. The van der Waals surface area contributed by atoms with Crippen LogP contribution >= 0.6 is 0 Å². The van der Waals surface area contributed by atoms with Crippen LogP contribution in [0.4, 0.5) is 22.9 Å². The third-order valence-electron chi connectivity index (χ3n) is 7.31. The van der Waals surface area contributed by atoms with E-state index in [1.807, 2.05) is 17.2 Å². The molecule has 2 aliphatic heterocycles. The maximum absolute atomic E-state index is 13.9. The third-order valence-corrected chi connectivity index (χ3v) is 7.31. The number of hydrogen-bond acceptors (Lipinski definition) is 5. The van der Waals surface area contributed by atoms with Gasteiger partial charge in [0.2, 0.25) is 5.91 Å². The molecule has 176 valence electrons. The summed E-state index contributed by atoms with van der Waals surface area (Å²) in [6.07, 6.45) is 10.7. The molecular formula is C27H36N4O2. The van der Waals surface area contributed by atoms with Gasteiger partial charge in [0.25, 0.3) is 0 Å². The van der Waals surface area contributed by atoms with E-state index in [4.69, 9.17) is 4.74 Å². The summed E-state index contributed by atoms with van der Waals surface area (Å²) in [6, 6.07) is 10.5. The number of aromatic nitrogens is 1. The minimum atomic E-state index is 0.0520. The van der Waals surface area contributed by atoms with Crippen LogP contribution in [0.15, 0.2) is 36.5 Å². The van der Waals surface area contributed by atoms with Crippen LogP contribution in [0.1, 0.15) is 63.9 Å². The Morgan fingerprint density at radius 2 is 1.94 bits per heavy atom. The number of fused-ring (bicyclic) bond motifs is 2. The molecule has 2 fully saturated rings. The van der Waals surface area contributed by atoms with Gasteiger partial charge in [-0.05, 0) is 75.6 Å². The van der Waals surface area contributed by atoms with Crippen molar-refractivity contribution < 1.29 is 9.53 Å². The van der Waals surface area contributed by atoms with Gasteiger partial charge in [0.05, 0.1) is 24.0 Å². The minimum Gasteiger partial charge on any atom is -0.378 e. The fourth-order valence-corrected chi connectivity index (χ4v) is 5.44. The van der Waals surface area contributed by atoms with E-state index in [2.05, 4.69) is 46.4 Å². The number of piperidine rings is 1. The van der Waals surface area contributed by atoms with Crippen molar-refractivity contribution in [1.82, 2.24) is 4.98 Å². The van der Waals surface area contributed by atoms with E-state index in [0.717, 1.165) is 74.6 Å². The number of anilines is 4. The van der Waals surface area contributed by atoms with Crippen LogP contribution in [-0.4, -0.2) is 36.7 Å². The van der Waals surface area contributed by atoms with Gasteiger partial charge < -0.3 is 19.9 Å². The van der Waals surface area contributed by atoms with E-state index < -0.39 is 0 Å². The summed E-state index contributed by atoms with van der Waals surface area (Å²) in [7, 11) is 0. The first-order valence-corrected chi connectivity index (χ1v) is 12.8. The minimum absolute atomic E-state index is 0.0520. The van der Waals surface area contributed by atoms with Gasteiger partial charge in [-0.2, -0.15) is 0 Å². The summed E-state index contributed by atoms with van der Waals surface area (Å²) < 4.78 is 5.96. The molecule has 1 aliphatic carbocycles. The Hall–Kier alpha value is -2.60. The Morgan fingerprint density at radius 1 is 1.12 bits per heavy atom. The summed E-state index contributed by atoms with van der Waals surface area (Å²) in [5, 5.41) is 3.51. The topological polar surface area (TPSA) is 57.7 Å². The molecule has 0 atom stereocenters. The molecule has 1 saturated heterocycles. The zero-order chi connectivity index (χ0) is 22.6. The van der Waals surface area contributed by atoms with Gasteiger partial charge in [-0.3, -0.25) is 4.79 Å². The highest BCUT2D eigenvalue weighted by Gasteiger charge is 2.33. The van der Waals surface area contributed by atoms with Gasteiger partial charge in [0, 0.05) is 43.1 Å². The smallest absolute Gasteiger partial charge is 0.230 e. The van der Waals surface area contributed by atoms with Crippen LogP contribution in [-0.2, 0) is 16.1 Å². The number of amides is 1. The Kier molecular flexibility index (Phi) is 6.81. The number of carbonyl (C=O) groups excluding carboxylic acids is 1. The van der Waals surface area contributed by atoms with Crippen molar-refractivity contribution in [3.63, 3.8) is 0 Å². The molecular weight excluding hydrogens is 412 g/mol. The van der Waals surface area contributed by atoms with Crippen LogP contribution < -0.4 is 15.1 Å². The Labute approximate surface area is 197 Å². The first-order valence-electron chi connectivity index (χ1n) is 12.8. The predicted octanol–water partition coefficient (Wildman–Crippen LogP) is 5.65. The van der Waals surface area contributed by atoms with Crippen LogP contribution in [0.25, 0.3) is 0 Å². The summed E-state index contributed by atoms with van der Waals surface area (Å²) in [4.78, 5) is 22.9. The van der Waals surface area contributed by atoms with Crippen LogP contribution in [0.5, 0.6) is 0 Å². The molecule has 2 aromatic rings. The molecule has 1 amide bonds. The lowest BCUT2D eigenvalue weighted by atomic mass is 9.86. The normalized spacial score (nSPS) is 22.7. The van der Waals surface area contributed by atoms with Crippen molar-refractivity contribution in [1.29, 1.82) is 0 Å². The molecule has 1 N–H and O–H groups in total. The summed E-state index contributed by atoms with van der Waals surface area (Å²) in [6.45, 7) is 5.69. The standard InChI is InChI=1S/C27H36N4O2/c1-2-17-33-23-11-8-20(9-12-23)27(32)31-19-21-7-6-14-28-26(21)29-24-13-10-22(18-25(24)31)30-15-4-3-5-16-30/h6-7,10,13-14,18,20,23H,2-5,8-9,11-12,15-17,19H2,1H3,(H,28,29)/t20-,23-. The molecule has 3 aliphatic rings. The van der Waals surface area contributed by atoms with E-state index in [1.165, 1.54) is 24.9 Å². The summed E-state index contributed by atoms with van der Waals surface area (Å²) in [5.74, 6) is 1.13. The number of pyridine rings is 1.